The van der Waals surface area contributed by atoms with Crippen LogP contribution in [0.15, 0.2) is 30.3 Å². The van der Waals surface area contributed by atoms with Gasteiger partial charge in [0.15, 0.2) is 0 Å². The van der Waals surface area contributed by atoms with Crippen molar-refractivity contribution in [3.05, 3.63) is 35.9 Å². The number of ether oxygens (including phenoxy) is 1. The average Bonchev–Trinajstić information content (AvgIpc) is 2.23. The van der Waals surface area contributed by atoms with Crippen LogP contribution in [0.1, 0.15) is 18.5 Å². The Morgan fingerprint density at radius 1 is 1.36 bits per heavy atom. The van der Waals surface area contributed by atoms with Gasteiger partial charge in [-0.05, 0) is 12.5 Å². The maximum atomic E-state index is 11.3. The van der Waals surface area contributed by atoms with Crippen LogP contribution in [-0.2, 0) is 9.53 Å². The van der Waals surface area contributed by atoms with E-state index >= 15 is 0 Å². The van der Waals surface area contributed by atoms with E-state index in [0.717, 1.165) is 5.56 Å². The molecular weight excluding hydrogens is 178 g/mol. The Balaban J connectivity index is 2.11. The maximum Gasteiger partial charge on any atom is 0.249 e. The summed E-state index contributed by atoms with van der Waals surface area (Å²) in [5.41, 5.74) is 1.09. The summed E-state index contributed by atoms with van der Waals surface area (Å²) in [5.74, 6) is -0.0369. The highest BCUT2D eigenvalue weighted by molar-refractivity contribution is 5.81. The van der Waals surface area contributed by atoms with Gasteiger partial charge in [0, 0.05) is 0 Å². The molecule has 2 atom stereocenters. The summed E-state index contributed by atoms with van der Waals surface area (Å²) < 4.78 is 5.35. The molecule has 1 aromatic carbocycles. The molecule has 0 spiro atoms. The molecule has 1 N–H and O–H groups in total. The van der Waals surface area contributed by atoms with Crippen LogP contribution in [0.3, 0.4) is 0 Å². The zero-order valence-corrected chi connectivity index (χ0v) is 8.07. The van der Waals surface area contributed by atoms with Gasteiger partial charge in [0.1, 0.15) is 6.10 Å². The number of amides is 1. The molecule has 3 heteroatoms. The van der Waals surface area contributed by atoms with Gasteiger partial charge in [-0.3, -0.25) is 4.79 Å². The van der Waals surface area contributed by atoms with Gasteiger partial charge in [-0.15, -0.1) is 0 Å². The van der Waals surface area contributed by atoms with Crippen molar-refractivity contribution in [3.8, 4) is 0 Å². The predicted molar refractivity (Wildman–Crippen MR) is 52.7 cm³/mol. The molecule has 1 unspecified atom stereocenters. The molecular formula is C11H13NO2. The average molecular weight is 191 g/mol. The summed E-state index contributed by atoms with van der Waals surface area (Å²) in [7, 11) is 0. The van der Waals surface area contributed by atoms with Crippen molar-refractivity contribution in [1.82, 2.24) is 5.32 Å². The fourth-order valence-corrected chi connectivity index (χ4v) is 1.51. The van der Waals surface area contributed by atoms with Gasteiger partial charge in [-0.2, -0.15) is 0 Å². The molecule has 0 bridgehead atoms. The summed E-state index contributed by atoms with van der Waals surface area (Å²) in [4.78, 5) is 11.3. The topological polar surface area (TPSA) is 38.3 Å². The highest BCUT2D eigenvalue weighted by Gasteiger charge is 2.25. The molecule has 0 aromatic heterocycles. The van der Waals surface area contributed by atoms with Gasteiger partial charge < -0.3 is 10.1 Å². The second-order valence-electron chi connectivity index (χ2n) is 3.45. The molecule has 1 fully saturated rings. The lowest BCUT2D eigenvalue weighted by Gasteiger charge is -2.27. The number of morpholine rings is 1. The second-order valence-corrected chi connectivity index (χ2v) is 3.45. The van der Waals surface area contributed by atoms with E-state index in [9.17, 15) is 4.79 Å². The number of rotatable bonds is 1. The van der Waals surface area contributed by atoms with Crippen LogP contribution in [0.4, 0.5) is 0 Å². The van der Waals surface area contributed by atoms with E-state index in [1.54, 1.807) is 6.92 Å². The van der Waals surface area contributed by atoms with Crippen molar-refractivity contribution in [2.45, 2.75) is 19.1 Å². The third kappa shape index (κ3) is 1.77. The lowest BCUT2D eigenvalue weighted by molar-refractivity contribution is -0.139. The first-order valence-electron chi connectivity index (χ1n) is 4.74. The molecule has 0 radical (unpaired) electrons. The van der Waals surface area contributed by atoms with Gasteiger partial charge >= 0.3 is 0 Å². The largest absolute Gasteiger partial charge is 0.366 e. The van der Waals surface area contributed by atoms with Crippen LogP contribution in [0.5, 0.6) is 0 Å². The van der Waals surface area contributed by atoms with E-state index in [2.05, 4.69) is 5.32 Å². The molecule has 1 amide bonds. The third-order valence-electron chi connectivity index (χ3n) is 2.40. The Kier molecular flexibility index (Phi) is 2.50. The van der Waals surface area contributed by atoms with Crippen LogP contribution in [-0.4, -0.2) is 18.6 Å². The maximum absolute atomic E-state index is 11.3. The standard InChI is InChI=1S/C11H13NO2/c1-8-11(13)12-10(7-14-8)9-5-3-2-4-6-9/h2-6,8,10H,7H2,1H3,(H,12,13)/t8-,10?/m1/s1. The number of benzene rings is 1. The monoisotopic (exact) mass is 191 g/mol. The van der Waals surface area contributed by atoms with Crippen molar-refractivity contribution < 1.29 is 9.53 Å². The first-order valence-corrected chi connectivity index (χ1v) is 4.74. The van der Waals surface area contributed by atoms with Crippen molar-refractivity contribution in [3.63, 3.8) is 0 Å². The Hall–Kier alpha value is -1.35. The molecule has 1 aromatic rings. The minimum atomic E-state index is -0.324. The molecule has 0 saturated carbocycles. The predicted octanol–water partition coefficient (Wildman–Crippen LogP) is 1.26. The van der Waals surface area contributed by atoms with Gasteiger partial charge in [0.25, 0.3) is 0 Å². The zero-order valence-electron chi connectivity index (χ0n) is 8.07. The molecule has 0 aliphatic carbocycles. The van der Waals surface area contributed by atoms with Crippen LogP contribution in [0, 0.1) is 0 Å². The molecule has 1 aliphatic heterocycles. The highest BCUT2D eigenvalue weighted by Crippen LogP contribution is 2.17. The minimum Gasteiger partial charge on any atom is -0.366 e. The lowest BCUT2D eigenvalue weighted by atomic mass is 10.1. The van der Waals surface area contributed by atoms with Crippen molar-refractivity contribution in [1.29, 1.82) is 0 Å². The first kappa shape index (κ1) is 9.21. The van der Waals surface area contributed by atoms with Crippen LogP contribution < -0.4 is 5.32 Å². The van der Waals surface area contributed by atoms with Crippen LogP contribution in [0.25, 0.3) is 0 Å². The number of nitrogens with one attached hydrogen (secondary N) is 1. The van der Waals surface area contributed by atoms with Gasteiger partial charge in [0.05, 0.1) is 12.6 Å². The summed E-state index contributed by atoms with van der Waals surface area (Å²) in [6.07, 6.45) is -0.324. The quantitative estimate of drug-likeness (QED) is 0.725. The molecule has 74 valence electrons. The summed E-state index contributed by atoms with van der Waals surface area (Å²) in [6, 6.07) is 9.85. The van der Waals surface area contributed by atoms with E-state index in [1.165, 1.54) is 0 Å². The molecule has 1 aliphatic rings. The fourth-order valence-electron chi connectivity index (χ4n) is 1.51. The van der Waals surface area contributed by atoms with Gasteiger partial charge in [-0.1, -0.05) is 30.3 Å². The van der Waals surface area contributed by atoms with Crippen molar-refractivity contribution in [2.24, 2.45) is 0 Å². The van der Waals surface area contributed by atoms with E-state index in [1.807, 2.05) is 30.3 Å². The third-order valence-corrected chi connectivity index (χ3v) is 2.40. The van der Waals surface area contributed by atoms with E-state index < -0.39 is 0 Å². The summed E-state index contributed by atoms with van der Waals surface area (Å²) in [5, 5.41) is 2.92. The molecule has 1 heterocycles. The second kappa shape index (κ2) is 3.80. The Bertz CT molecular complexity index is 323. The first-order chi connectivity index (χ1) is 6.77. The Morgan fingerprint density at radius 3 is 2.71 bits per heavy atom. The van der Waals surface area contributed by atoms with Gasteiger partial charge in [0.2, 0.25) is 5.91 Å². The number of carbonyl (C=O) groups is 1. The number of hydrogen-bond donors (Lipinski definition) is 1. The fraction of sp³-hybridized carbons (Fsp3) is 0.364. The van der Waals surface area contributed by atoms with Crippen molar-refractivity contribution >= 4 is 5.91 Å². The SMILES string of the molecule is C[C@H]1OCC(c2ccccc2)NC1=O. The van der Waals surface area contributed by atoms with Crippen LogP contribution >= 0.6 is 0 Å². The zero-order chi connectivity index (χ0) is 9.97. The molecule has 1 saturated heterocycles. The van der Waals surface area contributed by atoms with Gasteiger partial charge in [-0.25, -0.2) is 0 Å². The van der Waals surface area contributed by atoms with E-state index in [4.69, 9.17) is 4.74 Å². The smallest absolute Gasteiger partial charge is 0.249 e. The Morgan fingerprint density at radius 2 is 2.07 bits per heavy atom. The summed E-state index contributed by atoms with van der Waals surface area (Å²) in [6.45, 7) is 2.31. The van der Waals surface area contributed by atoms with E-state index in [-0.39, 0.29) is 18.1 Å². The van der Waals surface area contributed by atoms with Crippen LogP contribution in [0.2, 0.25) is 0 Å². The highest BCUT2D eigenvalue weighted by atomic mass is 16.5. The van der Waals surface area contributed by atoms with Crippen molar-refractivity contribution in [2.75, 3.05) is 6.61 Å². The molecule has 14 heavy (non-hydrogen) atoms. The molecule has 3 nitrogen and oxygen atoms in total. The molecule has 2 rings (SSSR count). The summed E-state index contributed by atoms with van der Waals surface area (Å²) >= 11 is 0. The normalized spacial score (nSPS) is 27.1. The lowest BCUT2D eigenvalue weighted by Crippen LogP contribution is -2.44. The number of hydrogen-bond acceptors (Lipinski definition) is 2. The Labute approximate surface area is 83.1 Å². The number of carbonyl (C=O) groups excluding carboxylic acids is 1. The van der Waals surface area contributed by atoms with E-state index in [0.29, 0.717) is 6.61 Å². The minimum absolute atomic E-state index is 0.0000926.